The number of nitrogens with two attached hydrogens (primary N) is 1. The molecule has 7 heteroatoms. The molecule has 2 unspecified atom stereocenters. The molecule has 1 aromatic heterocycles. The fraction of sp³-hybridized carbons (Fsp3) is 0.280. The van der Waals surface area contributed by atoms with Gasteiger partial charge >= 0.3 is 0 Å². The molecule has 0 spiro atoms. The lowest BCUT2D eigenvalue weighted by Crippen LogP contribution is -2.40. The summed E-state index contributed by atoms with van der Waals surface area (Å²) in [5.74, 6) is -0.132. The lowest BCUT2D eigenvalue weighted by molar-refractivity contribution is -0.122. The maximum atomic E-state index is 13.6. The Morgan fingerprint density at radius 3 is 2.53 bits per heavy atom. The number of aromatic nitrogens is 1. The number of amides is 1. The summed E-state index contributed by atoms with van der Waals surface area (Å²) in [6.07, 6.45) is 3.83. The maximum absolute atomic E-state index is 13.6. The van der Waals surface area contributed by atoms with Crippen molar-refractivity contribution in [1.29, 1.82) is 0 Å². The number of pyridine rings is 1. The van der Waals surface area contributed by atoms with Gasteiger partial charge in [-0.3, -0.25) is 9.78 Å². The number of nitrogens with zero attached hydrogens (tertiary/aromatic N) is 2. The van der Waals surface area contributed by atoms with Crippen LogP contribution in [0.1, 0.15) is 29.2 Å². The summed E-state index contributed by atoms with van der Waals surface area (Å²) in [4.78, 5) is 19.9. The van der Waals surface area contributed by atoms with E-state index in [4.69, 9.17) is 5.14 Å². The average Bonchev–Trinajstić information content (AvgIpc) is 3.32. The number of carbonyl (C=O) groups is 1. The first-order valence-corrected chi connectivity index (χ1v) is 12.3. The van der Waals surface area contributed by atoms with E-state index in [0.717, 1.165) is 16.8 Å². The molecular weight excluding hydrogens is 422 g/mol. The van der Waals surface area contributed by atoms with Gasteiger partial charge in [-0.25, -0.2) is 13.6 Å². The van der Waals surface area contributed by atoms with Crippen molar-refractivity contribution in [2.45, 2.75) is 44.0 Å². The monoisotopic (exact) mass is 447 g/mol. The summed E-state index contributed by atoms with van der Waals surface area (Å²) >= 11 is 0. The van der Waals surface area contributed by atoms with E-state index < -0.39 is 10.0 Å². The van der Waals surface area contributed by atoms with Gasteiger partial charge in [0.1, 0.15) is 0 Å². The fourth-order valence-corrected chi connectivity index (χ4v) is 5.88. The zero-order valence-electron chi connectivity index (χ0n) is 18.1. The number of hydrogen-bond acceptors (Lipinski definition) is 4. The first-order chi connectivity index (χ1) is 15.2. The lowest BCUT2D eigenvalue weighted by Gasteiger charge is -2.26. The van der Waals surface area contributed by atoms with Gasteiger partial charge in [0.25, 0.3) is 0 Å². The molecule has 0 bridgehead atoms. The molecule has 0 radical (unpaired) electrons. The molecule has 2 atom stereocenters. The van der Waals surface area contributed by atoms with Crippen molar-refractivity contribution in [2.75, 3.05) is 4.90 Å². The molecule has 1 amide bonds. The van der Waals surface area contributed by atoms with Crippen LogP contribution in [-0.2, 0) is 34.1 Å². The number of aryl methyl sites for hydroxylation is 1. The molecule has 3 aromatic rings. The van der Waals surface area contributed by atoms with Crippen LogP contribution in [0, 0.1) is 12.8 Å². The zero-order valence-corrected chi connectivity index (χ0v) is 18.9. The smallest absolute Gasteiger partial charge is 0.238 e. The Balaban J connectivity index is 1.44. The molecule has 32 heavy (non-hydrogen) atoms. The summed E-state index contributed by atoms with van der Waals surface area (Å²) in [7, 11) is -3.86. The Morgan fingerprint density at radius 2 is 1.81 bits per heavy atom. The second-order valence-electron chi connectivity index (χ2n) is 8.86. The SMILES string of the molecule is Cc1cc2c(cc1S(N)(=O)=O)N(C(=O)C1Cc3ccc(-c4ccccn4)cc3C1)C(C)C2. The molecule has 2 heterocycles. The van der Waals surface area contributed by atoms with Gasteiger partial charge in [-0.05, 0) is 79.6 Å². The molecule has 2 aromatic carbocycles. The number of rotatable bonds is 3. The third kappa shape index (κ3) is 3.51. The standard InChI is InChI=1S/C25H25N3O3S/c1-15-9-20-10-16(2)28(23(20)14-24(15)32(26,30)31)25(29)21-11-17-6-7-18(12-19(17)13-21)22-5-3-4-8-27-22/h3-9,12,14,16,21H,10-11,13H2,1-2H3,(H2,26,30,31). The molecule has 1 aliphatic heterocycles. The van der Waals surface area contributed by atoms with Crippen LogP contribution in [0.4, 0.5) is 5.69 Å². The third-order valence-corrected chi connectivity index (χ3v) is 7.64. The number of sulfonamides is 1. The second kappa shape index (κ2) is 7.53. The summed E-state index contributed by atoms with van der Waals surface area (Å²) in [6.45, 7) is 3.74. The van der Waals surface area contributed by atoms with Crippen molar-refractivity contribution in [3.05, 3.63) is 77.0 Å². The van der Waals surface area contributed by atoms with Gasteiger partial charge in [0.2, 0.25) is 15.9 Å². The predicted octanol–water partition coefficient (Wildman–Crippen LogP) is 3.40. The van der Waals surface area contributed by atoms with Crippen LogP contribution in [0.3, 0.4) is 0 Å². The van der Waals surface area contributed by atoms with E-state index in [1.54, 1.807) is 24.1 Å². The van der Waals surface area contributed by atoms with Gasteiger partial charge in [-0.1, -0.05) is 24.3 Å². The van der Waals surface area contributed by atoms with Gasteiger partial charge in [0, 0.05) is 29.4 Å². The van der Waals surface area contributed by atoms with Crippen molar-refractivity contribution < 1.29 is 13.2 Å². The molecule has 5 rings (SSSR count). The highest BCUT2D eigenvalue weighted by Gasteiger charge is 2.38. The second-order valence-corrected chi connectivity index (χ2v) is 10.4. The fourth-order valence-electron chi connectivity index (χ4n) is 5.10. The van der Waals surface area contributed by atoms with E-state index in [2.05, 4.69) is 23.2 Å². The summed E-state index contributed by atoms with van der Waals surface area (Å²) in [5, 5.41) is 5.41. The van der Waals surface area contributed by atoms with E-state index >= 15 is 0 Å². The Labute approximate surface area is 188 Å². The van der Waals surface area contributed by atoms with E-state index in [9.17, 15) is 13.2 Å². The van der Waals surface area contributed by atoms with Crippen LogP contribution in [0.2, 0.25) is 0 Å². The number of anilines is 1. The third-order valence-electron chi connectivity index (χ3n) is 6.58. The van der Waals surface area contributed by atoms with Gasteiger partial charge in [-0.15, -0.1) is 0 Å². The molecule has 0 saturated heterocycles. The van der Waals surface area contributed by atoms with Gasteiger partial charge in [0.05, 0.1) is 10.6 Å². The van der Waals surface area contributed by atoms with Crippen LogP contribution in [0.15, 0.2) is 59.6 Å². The molecule has 164 valence electrons. The van der Waals surface area contributed by atoms with Gasteiger partial charge in [0.15, 0.2) is 0 Å². The number of hydrogen-bond donors (Lipinski definition) is 1. The Bertz CT molecular complexity index is 1340. The Kier molecular flexibility index (Phi) is 4.91. The van der Waals surface area contributed by atoms with Crippen molar-refractivity contribution in [3.63, 3.8) is 0 Å². The predicted molar refractivity (Wildman–Crippen MR) is 124 cm³/mol. The van der Waals surface area contributed by atoms with Crippen molar-refractivity contribution in [2.24, 2.45) is 11.1 Å². The minimum absolute atomic E-state index is 0.0274. The van der Waals surface area contributed by atoms with Gasteiger partial charge in [-0.2, -0.15) is 0 Å². The number of fused-ring (bicyclic) bond motifs is 2. The van der Waals surface area contributed by atoms with E-state index in [1.807, 2.05) is 31.2 Å². The van der Waals surface area contributed by atoms with Crippen LogP contribution in [-0.4, -0.2) is 25.4 Å². The largest absolute Gasteiger partial charge is 0.309 e. The van der Waals surface area contributed by atoms with Crippen molar-refractivity contribution in [1.82, 2.24) is 4.98 Å². The average molecular weight is 448 g/mol. The summed E-state index contributed by atoms with van der Waals surface area (Å²) in [5.41, 5.74) is 6.59. The van der Waals surface area contributed by atoms with Gasteiger partial charge < -0.3 is 4.90 Å². The van der Waals surface area contributed by atoms with E-state index in [0.29, 0.717) is 30.5 Å². The van der Waals surface area contributed by atoms with Crippen LogP contribution < -0.4 is 10.0 Å². The quantitative estimate of drug-likeness (QED) is 0.666. The maximum Gasteiger partial charge on any atom is 0.238 e. The van der Waals surface area contributed by atoms with Crippen LogP contribution in [0.5, 0.6) is 0 Å². The van der Waals surface area contributed by atoms with Crippen molar-refractivity contribution in [3.8, 4) is 11.3 Å². The lowest BCUT2D eigenvalue weighted by atomic mass is 10.0. The molecule has 0 saturated carbocycles. The summed E-state index contributed by atoms with van der Waals surface area (Å²) in [6, 6.07) is 15.5. The minimum atomic E-state index is -3.86. The molecule has 1 aliphatic carbocycles. The zero-order chi connectivity index (χ0) is 22.6. The molecule has 2 N–H and O–H groups in total. The number of primary sulfonamides is 1. The number of carbonyl (C=O) groups excluding carboxylic acids is 1. The van der Waals surface area contributed by atoms with Crippen LogP contribution >= 0.6 is 0 Å². The summed E-state index contributed by atoms with van der Waals surface area (Å²) < 4.78 is 24.1. The highest BCUT2D eigenvalue weighted by atomic mass is 32.2. The highest BCUT2D eigenvalue weighted by molar-refractivity contribution is 7.89. The normalized spacial score (nSPS) is 19.7. The topological polar surface area (TPSA) is 93.4 Å². The van der Waals surface area contributed by atoms with E-state index in [-0.39, 0.29) is 22.8 Å². The highest BCUT2D eigenvalue weighted by Crippen LogP contribution is 2.39. The first kappa shape index (κ1) is 20.8. The molecule has 6 nitrogen and oxygen atoms in total. The first-order valence-electron chi connectivity index (χ1n) is 10.7. The Morgan fingerprint density at radius 1 is 1.03 bits per heavy atom. The Hall–Kier alpha value is -3.03. The van der Waals surface area contributed by atoms with Crippen LogP contribution in [0.25, 0.3) is 11.3 Å². The minimum Gasteiger partial charge on any atom is -0.309 e. The van der Waals surface area contributed by atoms with E-state index in [1.165, 1.54) is 11.1 Å². The van der Waals surface area contributed by atoms with Crippen molar-refractivity contribution >= 4 is 21.6 Å². The molecule has 2 aliphatic rings. The molecule has 0 fully saturated rings. The molecular formula is C25H25N3O3S. The number of benzene rings is 2.